The first-order valence-electron chi connectivity index (χ1n) is 10.0. The van der Waals surface area contributed by atoms with Crippen molar-refractivity contribution in [3.05, 3.63) is 76.7 Å². The van der Waals surface area contributed by atoms with E-state index in [1.54, 1.807) is 0 Å². The van der Waals surface area contributed by atoms with Crippen LogP contribution in [0.25, 0.3) is 11.3 Å². The highest BCUT2D eigenvalue weighted by Crippen LogP contribution is 2.40. The molecule has 0 spiro atoms. The molecule has 0 aliphatic carbocycles. The number of hydrogen-bond acceptors (Lipinski definition) is 4. The molecule has 156 valence electrons. The second-order valence-corrected chi connectivity index (χ2v) is 8.99. The van der Waals surface area contributed by atoms with Crippen LogP contribution in [-0.4, -0.2) is 47.1 Å². The minimum atomic E-state index is -0.0537. The summed E-state index contributed by atoms with van der Waals surface area (Å²) in [6.45, 7) is 1.86. The lowest BCUT2D eigenvalue weighted by molar-refractivity contribution is 0.261. The van der Waals surface area contributed by atoms with Gasteiger partial charge in [0.15, 0.2) is 5.11 Å². The maximum atomic E-state index is 6.36. The highest BCUT2D eigenvalue weighted by atomic mass is 79.9. The van der Waals surface area contributed by atoms with E-state index < -0.39 is 0 Å². The molecule has 3 aromatic rings. The van der Waals surface area contributed by atoms with Crippen molar-refractivity contribution in [3.8, 4) is 11.3 Å². The van der Waals surface area contributed by atoms with E-state index in [4.69, 9.17) is 16.6 Å². The Balaban J connectivity index is 1.65. The predicted octanol–water partition coefficient (Wildman–Crippen LogP) is 5.03. The van der Waals surface area contributed by atoms with E-state index in [1.165, 1.54) is 0 Å². The number of rotatable bonds is 7. The maximum absolute atomic E-state index is 6.36. The molecule has 1 saturated heterocycles. The van der Waals surface area contributed by atoms with Gasteiger partial charge in [0.1, 0.15) is 17.6 Å². The Morgan fingerprint density at radius 3 is 2.63 bits per heavy atom. The van der Waals surface area contributed by atoms with Crippen molar-refractivity contribution < 1.29 is 4.42 Å². The summed E-state index contributed by atoms with van der Waals surface area (Å²) in [6, 6.07) is 18.1. The summed E-state index contributed by atoms with van der Waals surface area (Å²) in [5.41, 5.74) is 2.01. The van der Waals surface area contributed by atoms with Gasteiger partial charge in [-0.25, -0.2) is 0 Å². The van der Waals surface area contributed by atoms with Crippen LogP contribution in [0.4, 0.5) is 0 Å². The van der Waals surface area contributed by atoms with Gasteiger partial charge in [-0.3, -0.25) is 4.98 Å². The van der Waals surface area contributed by atoms with Crippen molar-refractivity contribution in [1.82, 2.24) is 20.1 Å². The molecule has 2 atom stereocenters. The number of halogens is 1. The Morgan fingerprint density at radius 2 is 1.93 bits per heavy atom. The second-order valence-electron chi connectivity index (χ2n) is 7.69. The van der Waals surface area contributed by atoms with Gasteiger partial charge < -0.3 is 19.5 Å². The highest BCUT2D eigenvalue weighted by Gasteiger charge is 2.41. The van der Waals surface area contributed by atoms with Gasteiger partial charge in [-0.1, -0.05) is 34.1 Å². The maximum Gasteiger partial charge on any atom is 0.170 e. The van der Waals surface area contributed by atoms with Gasteiger partial charge in [-0.2, -0.15) is 0 Å². The van der Waals surface area contributed by atoms with Crippen LogP contribution < -0.4 is 5.32 Å². The molecule has 1 aliphatic rings. The molecule has 3 heterocycles. The molecule has 1 aromatic carbocycles. The van der Waals surface area contributed by atoms with Crippen LogP contribution in [0.5, 0.6) is 0 Å². The molecular weight excluding hydrogens is 460 g/mol. The quantitative estimate of drug-likeness (QED) is 0.474. The lowest BCUT2D eigenvalue weighted by Crippen LogP contribution is -2.32. The molecule has 0 radical (unpaired) electrons. The van der Waals surface area contributed by atoms with Gasteiger partial charge in [0.2, 0.25) is 0 Å². The summed E-state index contributed by atoms with van der Waals surface area (Å²) >= 11 is 9.20. The summed E-state index contributed by atoms with van der Waals surface area (Å²) in [5, 5.41) is 4.22. The van der Waals surface area contributed by atoms with Crippen LogP contribution in [0.15, 0.2) is 69.7 Å². The monoisotopic (exact) mass is 484 g/mol. The van der Waals surface area contributed by atoms with Crippen LogP contribution in [-0.2, 0) is 0 Å². The minimum absolute atomic E-state index is 0.0428. The molecule has 0 unspecified atom stereocenters. The lowest BCUT2D eigenvalue weighted by atomic mass is 10.0. The molecule has 2 aromatic heterocycles. The zero-order valence-electron chi connectivity index (χ0n) is 17.1. The Bertz CT molecular complexity index is 990. The molecule has 1 N–H and O–H groups in total. The fourth-order valence-corrected chi connectivity index (χ4v) is 4.39. The summed E-state index contributed by atoms with van der Waals surface area (Å²) in [5.74, 6) is 1.74. The molecular formula is C23H25BrN4OS. The average Bonchev–Trinajstić information content (AvgIpc) is 3.34. The molecule has 1 aliphatic heterocycles. The molecule has 0 bridgehead atoms. The number of nitrogens with one attached hydrogen (secondary N) is 1. The number of nitrogens with zero attached hydrogens (tertiary/aromatic N) is 3. The Kier molecular flexibility index (Phi) is 6.51. The fourth-order valence-electron chi connectivity index (χ4n) is 3.79. The predicted molar refractivity (Wildman–Crippen MR) is 127 cm³/mol. The summed E-state index contributed by atoms with van der Waals surface area (Å²) in [6.07, 6.45) is 2.84. The van der Waals surface area contributed by atoms with E-state index in [9.17, 15) is 0 Å². The molecule has 5 nitrogen and oxygen atoms in total. The number of thiocarbonyl (C=S) groups is 1. The lowest BCUT2D eigenvalue weighted by Gasteiger charge is -2.26. The van der Waals surface area contributed by atoms with Crippen molar-refractivity contribution >= 4 is 33.3 Å². The zero-order valence-corrected chi connectivity index (χ0v) is 19.5. The van der Waals surface area contributed by atoms with Gasteiger partial charge in [0, 0.05) is 22.8 Å². The first-order valence-corrected chi connectivity index (χ1v) is 11.2. The number of furan rings is 1. The van der Waals surface area contributed by atoms with Gasteiger partial charge in [-0.05, 0) is 75.7 Å². The molecule has 0 saturated carbocycles. The van der Waals surface area contributed by atoms with Gasteiger partial charge in [0.05, 0.1) is 11.7 Å². The normalized spacial score (nSPS) is 18.8. The largest absolute Gasteiger partial charge is 0.459 e. The molecule has 7 heteroatoms. The van der Waals surface area contributed by atoms with Crippen LogP contribution >= 0.6 is 28.1 Å². The minimum Gasteiger partial charge on any atom is -0.459 e. The molecule has 0 amide bonds. The van der Waals surface area contributed by atoms with E-state index in [0.29, 0.717) is 0 Å². The van der Waals surface area contributed by atoms with E-state index >= 15 is 0 Å². The summed E-state index contributed by atoms with van der Waals surface area (Å²) < 4.78 is 7.40. The zero-order chi connectivity index (χ0) is 21.1. The first-order chi connectivity index (χ1) is 14.5. The highest BCUT2D eigenvalue weighted by molar-refractivity contribution is 9.10. The average molecular weight is 485 g/mol. The molecule has 30 heavy (non-hydrogen) atoms. The van der Waals surface area contributed by atoms with Crippen LogP contribution in [0.2, 0.25) is 0 Å². The Labute approximate surface area is 191 Å². The standard InChI is InChI=1S/C23H25BrN4OS/c1-27(2)14-5-15-28-22(21(26-23(28)30)18-6-3-4-13-25-18)20-12-11-19(29-20)16-7-9-17(24)10-8-16/h3-4,6-13,21-22H,5,14-15H2,1-2H3,(H,26,30)/t21-,22-/m1/s1. The van der Waals surface area contributed by atoms with E-state index in [1.807, 2.05) is 42.6 Å². The number of benzene rings is 1. The molecule has 1 fully saturated rings. The second kappa shape index (κ2) is 9.29. The van der Waals surface area contributed by atoms with E-state index in [-0.39, 0.29) is 12.1 Å². The third kappa shape index (κ3) is 4.58. The summed E-state index contributed by atoms with van der Waals surface area (Å²) in [7, 11) is 4.18. The van der Waals surface area contributed by atoms with Gasteiger partial charge in [-0.15, -0.1) is 0 Å². The number of pyridine rings is 1. The van der Waals surface area contributed by atoms with E-state index in [0.717, 1.165) is 51.9 Å². The smallest absolute Gasteiger partial charge is 0.170 e. The topological polar surface area (TPSA) is 44.5 Å². The Morgan fingerprint density at radius 1 is 1.13 bits per heavy atom. The van der Waals surface area contributed by atoms with Crippen LogP contribution in [0.1, 0.15) is 30.0 Å². The SMILES string of the molecule is CN(C)CCCN1C(=S)N[C@H](c2ccccn2)[C@H]1c1ccc(-c2ccc(Br)cc2)o1. The number of aromatic nitrogens is 1. The summed E-state index contributed by atoms with van der Waals surface area (Å²) in [4.78, 5) is 9.01. The third-order valence-electron chi connectivity index (χ3n) is 5.25. The van der Waals surface area contributed by atoms with Crippen molar-refractivity contribution in [2.24, 2.45) is 0 Å². The van der Waals surface area contributed by atoms with Crippen molar-refractivity contribution in [1.29, 1.82) is 0 Å². The van der Waals surface area contributed by atoms with Gasteiger partial charge in [0.25, 0.3) is 0 Å². The van der Waals surface area contributed by atoms with E-state index in [2.05, 4.69) is 68.3 Å². The Hall–Kier alpha value is -2.22. The van der Waals surface area contributed by atoms with Crippen molar-refractivity contribution in [2.45, 2.75) is 18.5 Å². The first kappa shape index (κ1) is 21.0. The molecule has 4 rings (SSSR count). The number of hydrogen-bond donors (Lipinski definition) is 1. The van der Waals surface area contributed by atoms with Crippen molar-refractivity contribution in [2.75, 3.05) is 27.2 Å². The van der Waals surface area contributed by atoms with Crippen molar-refractivity contribution in [3.63, 3.8) is 0 Å². The van der Waals surface area contributed by atoms with Crippen LogP contribution in [0, 0.1) is 0 Å². The van der Waals surface area contributed by atoms with Crippen LogP contribution in [0.3, 0.4) is 0 Å². The van der Waals surface area contributed by atoms with Gasteiger partial charge >= 0.3 is 0 Å². The third-order valence-corrected chi connectivity index (χ3v) is 6.13. The fraction of sp³-hybridized carbons (Fsp3) is 0.304.